The topological polar surface area (TPSA) is 92.3 Å². The molecule has 0 saturated carbocycles. The van der Waals surface area contributed by atoms with E-state index in [0.717, 1.165) is 25.2 Å². The smallest absolute Gasteiger partial charge is 0.119 e. The third kappa shape index (κ3) is 33.0. The lowest BCUT2D eigenvalue weighted by Crippen LogP contribution is -2.15. The Balaban J connectivity index is 1.70. The Hall–Kier alpha value is -1.34. The summed E-state index contributed by atoms with van der Waals surface area (Å²) in [5.74, 6) is 0.889. The molecule has 0 aliphatic rings. The second kappa shape index (κ2) is 37.5. The lowest BCUT2D eigenvalue weighted by molar-refractivity contribution is -0.0254. The molecule has 0 spiro atoms. The molecule has 0 heterocycles. The number of unbranched alkanes of at least 4 members (excludes halogenated alkanes) is 7. The molecule has 0 aliphatic heterocycles. The average molecular weight is 673 g/mol. The van der Waals surface area contributed by atoms with Crippen LogP contribution in [0.3, 0.4) is 0 Å². The van der Waals surface area contributed by atoms with Crippen molar-refractivity contribution in [1.82, 2.24) is 0 Å². The Morgan fingerprint density at radius 1 is 0.319 bits per heavy atom. The van der Waals surface area contributed by atoms with Gasteiger partial charge in [0.2, 0.25) is 0 Å². The van der Waals surface area contributed by atoms with Gasteiger partial charge in [-0.25, -0.2) is 0 Å². The minimum absolute atomic E-state index is 0.526. The minimum atomic E-state index is 0.526. The monoisotopic (exact) mass is 672 g/mol. The van der Waals surface area contributed by atoms with Gasteiger partial charge in [0, 0.05) is 6.61 Å². The predicted octanol–water partition coefficient (Wildman–Crippen LogP) is 6.31. The molecule has 1 aromatic rings. The lowest BCUT2D eigenvalue weighted by atomic mass is 10.0. The fraction of sp³-hybridized carbons (Fsp3) is 0.838. The summed E-state index contributed by atoms with van der Waals surface area (Å²) in [7, 11) is 0. The summed E-state index contributed by atoms with van der Waals surface area (Å²) in [5, 5.41) is 0. The minimum Gasteiger partial charge on any atom is -0.491 e. The summed E-state index contributed by atoms with van der Waals surface area (Å²) in [6.07, 6.45) is 12.7. The van der Waals surface area contributed by atoms with Crippen LogP contribution in [0.2, 0.25) is 0 Å². The van der Waals surface area contributed by atoms with Crippen LogP contribution in [-0.2, 0) is 49.1 Å². The summed E-state index contributed by atoms with van der Waals surface area (Å²) in [6.45, 7) is 15.1. The maximum absolute atomic E-state index is 5.77. The summed E-state index contributed by atoms with van der Waals surface area (Å²) < 4.78 is 55.4. The maximum Gasteiger partial charge on any atom is 0.119 e. The summed E-state index contributed by atoms with van der Waals surface area (Å²) >= 11 is 0. The van der Waals surface area contributed by atoms with Crippen molar-refractivity contribution in [2.45, 2.75) is 78.1 Å². The van der Waals surface area contributed by atoms with Gasteiger partial charge < -0.3 is 47.4 Å². The van der Waals surface area contributed by atoms with Crippen molar-refractivity contribution in [3.63, 3.8) is 0 Å². The molecule has 0 unspecified atom stereocenters. The van der Waals surface area contributed by atoms with Crippen molar-refractivity contribution in [2.75, 3.05) is 126 Å². The molecule has 0 bridgehead atoms. The van der Waals surface area contributed by atoms with Crippen LogP contribution < -0.4 is 4.74 Å². The first-order valence-corrected chi connectivity index (χ1v) is 18.3. The first kappa shape index (κ1) is 43.7. The molecule has 0 aliphatic carbocycles. The van der Waals surface area contributed by atoms with Gasteiger partial charge in [-0.3, -0.25) is 0 Å². The van der Waals surface area contributed by atoms with Crippen LogP contribution in [0.5, 0.6) is 5.75 Å². The predicted molar refractivity (Wildman–Crippen MR) is 186 cm³/mol. The van der Waals surface area contributed by atoms with Gasteiger partial charge in [-0.05, 0) is 37.0 Å². The van der Waals surface area contributed by atoms with E-state index in [-0.39, 0.29) is 0 Å². The number of hydrogen-bond acceptors (Lipinski definition) is 10. The second-order valence-electron chi connectivity index (χ2n) is 11.2. The molecular weight excluding hydrogens is 604 g/mol. The number of hydrogen-bond donors (Lipinski definition) is 0. The highest BCUT2D eigenvalue weighted by Gasteiger charge is 1.99. The number of rotatable bonds is 39. The normalized spacial score (nSPS) is 11.4. The molecule has 47 heavy (non-hydrogen) atoms. The van der Waals surface area contributed by atoms with E-state index in [0.29, 0.717) is 119 Å². The highest BCUT2D eigenvalue weighted by molar-refractivity contribution is 5.27. The standard InChI is InChI=1S/C37H68O10/c1-3-5-7-8-9-10-12-36-13-15-37(16-14-36)47-35-34-46-33-32-45-31-30-44-29-28-43-27-26-42-25-24-41-23-22-40-21-20-39-19-18-38-17-11-6-4-2/h13-16H,3-12,17-35H2,1-2H3. The molecule has 10 heteroatoms. The molecule has 0 aromatic heterocycles. The SMILES string of the molecule is CCCCCCCCc1ccc(OCCOCCOCCOCCOCCOCCOCCOCCOCCOCCCCC)cc1. The van der Waals surface area contributed by atoms with Gasteiger partial charge in [-0.15, -0.1) is 0 Å². The molecule has 0 amide bonds. The molecule has 0 radical (unpaired) electrons. The van der Waals surface area contributed by atoms with Gasteiger partial charge in [0.05, 0.1) is 112 Å². The van der Waals surface area contributed by atoms with Crippen molar-refractivity contribution < 1.29 is 47.4 Å². The average Bonchev–Trinajstić information content (AvgIpc) is 3.09. The zero-order valence-electron chi connectivity index (χ0n) is 29.9. The van der Waals surface area contributed by atoms with Crippen LogP contribution in [0.15, 0.2) is 24.3 Å². The van der Waals surface area contributed by atoms with Crippen molar-refractivity contribution in [1.29, 1.82) is 0 Å². The van der Waals surface area contributed by atoms with E-state index in [2.05, 4.69) is 38.1 Å². The first-order valence-electron chi connectivity index (χ1n) is 18.3. The van der Waals surface area contributed by atoms with Crippen molar-refractivity contribution in [3.8, 4) is 5.75 Å². The lowest BCUT2D eigenvalue weighted by Gasteiger charge is -2.09. The fourth-order valence-corrected chi connectivity index (χ4v) is 4.40. The Kier molecular flexibility index (Phi) is 34.8. The van der Waals surface area contributed by atoms with Gasteiger partial charge in [-0.2, -0.15) is 0 Å². The highest BCUT2D eigenvalue weighted by Crippen LogP contribution is 2.15. The van der Waals surface area contributed by atoms with Gasteiger partial charge in [0.25, 0.3) is 0 Å². The molecule has 1 rings (SSSR count). The Morgan fingerprint density at radius 2 is 0.638 bits per heavy atom. The largest absolute Gasteiger partial charge is 0.491 e. The van der Waals surface area contributed by atoms with Crippen molar-refractivity contribution >= 4 is 0 Å². The zero-order chi connectivity index (χ0) is 33.6. The van der Waals surface area contributed by atoms with Crippen molar-refractivity contribution in [3.05, 3.63) is 29.8 Å². The van der Waals surface area contributed by atoms with E-state index >= 15 is 0 Å². The molecule has 0 atom stereocenters. The van der Waals surface area contributed by atoms with E-state index in [1.807, 2.05) is 0 Å². The van der Waals surface area contributed by atoms with Crippen molar-refractivity contribution in [2.24, 2.45) is 0 Å². The third-order valence-corrected chi connectivity index (χ3v) is 7.11. The van der Waals surface area contributed by atoms with Gasteiger partial charge in [0.15, 0.2) is 0 Å². The van der Waals surface area contributed by atoms with Crippen LogP contribution in [0.4, 0.5) is 0 Å². The number of ether oxygens (including phenoxy) is 10. The quantitative estimate of drug-likeness (QED) is 0.0742. The second-order valence-corrected chi connectivity index (χ2v) is 11.2. The van der Waals surface area contributed by atoms with E-state index < -0.39 is 0 Å². The van der Waals surface area contributed by atoms with Gasteiger partial charge in [-0.1, -0.05) is 70.9 Å². The molecule has 0 saturated heterocycles. The Morgan fingerprint density at radius 3 is 1.04 bits per heavy atom. The van der Waals surface area contributed by atoms with Crippen LogP contribution in [0.1, 0.15) is 77.2 Å². The van der Waals surface area contributed by atoms with Crippen LogP contribution in [0, 0.1) is 0 Å². The van der Waals surface area contributed by atoms with E-state index in [1.54, 1.807) is 0 Å². The molecule has 0 N–H and O–H groups in total. The van der Waals surface area contributed by atoms with Crippen LogP contribution in [-0.4, -0.2) is 126 Å². The zero-order valence-corrected chi connectivity index (χ0v) is 29.9. The van der Waals surface area contributed by atoms with E-state index in [4.69, 9.17) is 47.4 Å². The van der Waals surface area contributed by atoms with E-state index in [9.17, 15) is 0 Å². The summed E-state index contributed by atoms with van der Waals surface area (Å²) in [6, 6.07) is 8.45. The molecule has 10 nitrogen and oxygen atoms in total. The highest BCUT2D eigenvalue weighted by atomic mass is 16.6. The first-order chi connectivity index (χ1) is 23.4. The maximum atomic E-state index is 5.77. The number of benzene rings is 1. The van der Waals surface area contributed by atoms with Gasteiger partial charge >= 0.3 is 0 Å². The van der Waals surface area contributed by atoms with Crippen LogP contribution >= 0.6 is 0 Å². The Bertz CT molecular complexity index is 722. The summed E-state index contributed by atoms with van der Waals surface area (Å²) in [5.41, 5.74) is 1.38. The van der Waals surface area contributed by atoms with Crippen LogP contribution in [0.25, 0.3) is 0 Å². The molecular formula is C37H68O10. The molecule has 276 valence electrons. The fourth-order valence-electron chi connectivity index (χ4n) is 4.40. The van der Waals surface area contributed by atoms with Gasteiger partial charge in [0.1, 0.15) is 12.4 Å². The summed E-state index contributed by atoms with van der Waals surface area (Å²) in [4.78, 5) is 0. The van der Waals surface area contributed by atoms with E-state index in [1.165, 1.54) is 56.9 Å². The third-order valence-electron chi connectivity index (χ3n) is 7.11. The number of aryl methyl sites for hydroxylation is 1. The molecule has 1 aromatic carbocycles. The Labute approximate surface area is 286 Å². The molecule has 0 fully saturated rings.